The van der Waals surface area contributed by atoms with Crippen LogP contribution in [0.3, 0.4) is 0 Å². The Bertz CT molecular complexity index is 869. The van der Waals surface area contributed by atoms with Crippen LogP contribution in [-0.2, 0) is 33.6 Å². The van der Waals surface area contributed by atoms with Gasteiger partial charge in [0.2, 0.25) is 35.4 Å². The Morgan fingerprint density at radius 3 is 1.32 bits per heavy atom. The Balaban J connectivity index is 5.10. The lowest BCUT2D eigenvalue weighted by Crippen LogP contribution is -2.60. The molecule has 0 spiro atoms. The second-order valence-corrected chi connectivity index (χ2v) is 7.81. The van der Waals surface area contributed by atoms with E-state index in [1.807, 2.05) is 16.0 Å². The van der Waals surface area contributed by atoms with Crippen LogP contribution in [-0.4, -0.2) is 118 Å². The highest BCUT2D eigenvalue weighted by Crippen LogP contribution is 1.95. The summed E-state index contributed by atoms with van der Waals surface area (Å²) in [5.74, 6) is -7.41. The highest BCUT2D eigenvalue weighted by Gasteiger charge is 2.31. The van der Waals surface area contributed by atoms with Gasteiger partial charge in [0.25, 0.3) is 0 Å². The van der Waals surface area contributed by atoms with Crippen LogP contribution >= 0.6 is 0 Å². The number of primary amides is 1. The monoisotopic (exact) mass is 535 g/mol. The molecule has 0 saturated heterocycles. The van der Waals surface area contributed by atoms with Gasteiger partial charge in [-0.1, -0.05) is 0 Å². The fourth-order valence-corrected chi connectivity index (χ4v) is 2.49. The van der Waals surface area contributed by atoms with Gasteiger partial charge in [-0.25, -0.2) is 0 Å². The van der Waals surface area contributed by atoms with Crippen molar-refractivity contribution in [2.24, 2.45) is 11.5 Å². The Labute approximate surface area is 210 Å². The molecule has 6 amide bonds. The van der Waals surface area contributed by atoms with Gasteiger partial charge >= 0.3 is 5.97 Å². The molecule has 0 aliphatic rings. The second-order valence-electron chi connectivity index (χ2n) is 7.81. The molecule has 37 heavy (non-hydrogen) atoms. The summed E-state index contributed by atoms with van der Waals surface area (Å²) in [6, 6.07) is -8.93. The van der Waals surface area contributed by atoms with Crippen LogP contribution in [0, 0.1) is 0 Å². The van der Waals surface area contributed by atoms with E-state index in [-0.39, 0.29) is 0 Å². The number of rotatable bonds is 16. The number of carboxylic acid groups (broad SMARTS) is 1. The third kappa shape index (κ3) is 11.6. The predicted octanol–water partition coefficient (Wildman–Crippen LogP) is -7.29. The molecule has 0 aliphatic heterocycles. The van der Waals surface area contributed by atoms with Crippen molar-refractivity contribution in [3.63, 3.8) is 0 Å². The number of aliphatic hydroxyl groups is 3. The number of aliphatic hydroxyl groups excluding tert-OH is 3. The SMILES string of the molecule is C[C@H](NC(=O)[C@H](CO)NC(=O)[C@H](CO)NC(=O)[C@H](CO)NC(=O)[C@H](C)NC(=O)[C@@H](N)CC(N)=O)C(=O)O. The molecular weight excluding hydrogens is 502 g/mol. The molecule has 0 aliphatic carbocycles. The second kappa shape index (κ2) is 16.0. The minimum atomic E-state index is -1.71. The van der Waals surface area contributed by atoms with Crippen LogP contribution in [0.4, 0.5) is 0 Å². The molecule has 6 atom stereocenters. The molecule has 0 heterocycles. The minimum Gasteiger partial charge on any atom is -0.480 e. The summed E-state index contributed by atoms with van der Waals surface area (Å²) >= 11 is 0. The average molecular weight is 536 g/mol. The third-order valence-electron chi connectivity index (χ3n) is 4.69. The molecule has 18 heteroatoms. The Hall–Kier alpha value is -3.87. The molecular formula is C19H33N7O11. The Kier molecular flexibility index (Phi) is 14.3. The maximum absolute atomic E-state index is 12.4. The van der Waals surface area contributed by atoms with Crippen LogP contribution in [0.25, 0.3) is 0 Å². The minimum absolute atomic E-state index is 0.482. The molecule has 18 nitrogen and oxygen atoms in total. The van der Waals surface area contributed by atoms with Crippen molar-refractivity contribution in [3.05, 3.63) is 0 Å². The molecule has 0 saturated carbocycles. The van der Waals surface area contributed by atoms with E-state index < -0.39 is 104 Å². The van der Waals surface area contributed by atoms with Gasteiger partial charge in [-0.15, -0.1) is 0 Å². The van der Waals surface area contributed by atoms with Gasteiger partial charge in [-0.05, 0) is 13.8 Å². The lowest BCUT2D eigenvalue weighted by molar-refractivity contribution is -0.142. The van der Waals surface area contributed by atoms with Crippen LogP contribution in [0.5, 0.6) is 0 Å². The lowest BCUT2D eigenvalue weighted by atomic mass is 10.1. The molecule has 0 fully saturated rings. The first kappa shape index (κ1) is 33.1. The van der Waals surface area contributed by atoms with E-state index in [0.717, 1.165) is 6.92 Å². The highest BCUT2D eigenvalue weighted by atomic mass is 16.4. The topological polar surface area (TPSA) is 313 Å². The summed E-state index contributed by atoms with van der Waals surface area (Å²) in [6.07, 6.45) is -0.482. The van der Waals surface area contributed by atoms with Gasteiger partial charge in [-0.2, -0.15) is 0 Å². The zero-order valence-corrected chi connectivity index (χ0v) is 20.1. The lowest BCUT2D eigenvalue weighted by Gasteiger charge is -2.24. The zero-order chi connectivity index (χ0) is 28.9. The van der Waals surface area contributed by atoms with E-state index in [1.165, 1.54) is 6.92 Å². The summed E-state index contributed by atoms with van der Waals surface area (Å²) in [5, 5.41) is 47.5. The molecule has 0 unspecified atom stereocenters. The molecule has 210 valence electrons. The molecule has 0 aromatic carbocycles. The van der Waals surface area contributed by atoms with Crippen molar-refractivity contribution < 1.29 is 54.0 Å². The number of hydrogen-bond acceptors (Lipinski definition) is 11. The van der Waals surface area contributed by atoms with Crippen LogP contribution < -0.4 is 38.1 Å². The number of amides is 6. The van der Waals surface area contributed by atoms with Crippen molar-refractivity contribution >= 4 is 41.4 Å². The van der Waals surface area contributed by atoms with Gasteiger partial charge in [-0.3, -0.25) is 33.6 Å². The molecule has 13 N–H and O–H groups in total. The van der Waals surface area contributed by atoms with Gasteiger partial charge < -0.3 is 58.5 Å². The number of nitrogens with two attached hydrogens (primary N) is 2. The van der Waals surface area contributed by atoms with Gasteiger partial charge in [0.05, 0.1) is 32.3 Å². The smallest absolute Gasteiger partial charge is 0.325 e. The van der Waals surface area contributed by atoms with Gasteiger partial charge in [0.1, 0.15) is 30.2 Å². The van der Waals surface area contributed by atoms with Gasteiger partial charge in [0, 0.05) is 0 Å². The van der Waals surface area contributed by atoms with E-state index in [2.05, 4.69) is 10.6 Å². The maximum Gasteiger partial charge on any atom is 0.325 e. The number of aliphatic carboxylic acids is 1. The van der Waals surface area contributed by atoms with Crippen molar-refractivity contribution in [1.82, 2.24) is 26.6 Å². The van der Waals surface area contributed by atoms with Crippen molar-refractivity contribution in [3.8, 4) is 0 Å². The molecule has 0 bridgehead atoms. The van der Waals surface area contributed by atoms with E-state index in [1.54, 1.807) is 0 Å². The number of carbonyl (C=O) groups is 7. The predicted molar refractivity (Wildman–Crippen MR) is 122 cm³/mol. The number of nitrogens with one attached hydrogen (secondary N) is 5. The number of hydrogen-bond donors (Lipinski definition) is 11. The van der Waals surface area contributed by atoms with E-state index in [9.17, 15) is 48.9 Å². The molecule has 0 aromatic rings. The average Bonchev–Trinajstić information content (AvgIpc) is 2.82. The largest absolute Gasteiger partial charge is 0.480 e. The first-order valence-electron chi connectivity index (χ1n) is 10.8. The fourth-order valence-electron chi connectivity index (χ4n) is 2.49. The maximum atomic E-state index is 12.4. The number of carbonyl (C=O) groups excluding carboxylic acids is 6. The Morgan fingerprint density at radius 2 is 0.973 bits per heavy atom. The third-order valence-corrected chi connectivity index (χ3v) is 4.69. The standard InChI is InChI=1S/C19H33N7O11/c1-7(22-15(32)9(20)3-13(21)30)14(31)24-11(5-28)17(34)26-12(6-29)18(35)25-10(4-27)16(33)23-8(2)19(36)37/h7-12,27-29H,3-6,20H2,1-2H3,(H2,21,30)(H,22,32)(H,23,33)(H,24,31)(H,25,35)(H,26,34)(H,36,37)/t7-,8-,9-,10-,11-,12-/m0/s1. The van der Waals surface area contributed by atoms with E-state index in [0.29, 0.717) is 0 Å². The summed E-state index contributed by atoms with van der Waals surface area (Å²) in [6.45, 7) is -0.560. The highest BCUT2D eigenvalue weighted by molar-refractivity contribution is 5.96. The van der Waals surface area contributed by atoms with Gasteiger partial charge in [0.15, 0.2) is 0 Å². The normalized spacial score (nSPS) is 15.5. The zero-order valence-electron chi connectivity index (χ0n) is 20.1. The quantitative estimate of drug-likeness (QED) is 0.0878. The summed E-state index contributed by atoms with van der Waals surface area (Å²) in [4.78, 5) is 82.7. The fraction of sp³-hybridized carbons (Fsp3) is 0.632. The first-order valence-corrected chi connectivity index (χ1v) is 10.8. The van der Waals surface area contributed by atoms with Crippen LogP contribution in [0.15, 0.2) is 0 Å². The Morgan fingerprint density at radius 1 is 0.622 bits per heavy atom. The van der Waals surface area contributed by atoms with E-state index in [4.69, 9.17) is 16.6 Å². The summed E-state index contributed by atoms with van der Waals surface area (Å²) in [5.41, 5.74) is 10.4. The van der Waals surface area contributed by atoms with E-state index >= 15 is 0 Å². The number of carboxylic acids is 1. The van der Waals surface area contributed by atoms with Crippen molar-refractivity contribution in [2.75, 3.05) is 19.8 Å². The first-order chi connectivity index (χ1) is 17.2. The van der Waals surface area contributed by atoms with Crippen LogP contribution in [0.1, 0.15) is 20.3 Å². The summed E-state index contributed by atoms with van der Waals surface area (Å²) in [7, 11) is 0. The molecule has 0 radical (unpaired) electrons. The van der Waals surface area contributed by atoms with Crippen molar-refractivity contribution in [1.29, 1.82) is 0 Å². The molecule has 0 rings (SSSR count). The van der Waals surface area contributed by atoms with Crippen molar-refractivity contribution in [2.45, 2.75) is 56.5 Å². The van der Waals surface area contributed by atoms with Crippen LogP contribution in [0.2, 0.25) is 0 Å². The summed E-state index contributed by atoms with van der Waals surface area (Å²) < 4.78 is 0. The molecule has 0 aromatic heterocycles.